The summed E-state index contributed by atoms with van der Waals surface area (Å²) >= 11 is 5.78. The number of nitrogens with one attached hydrogen (secondary N) is 2. The van der Waals surface area contributed by atoms with Crippen LogP contribution in [-0.4, -0.2) is 35.5 Å². The molecule has 1 aliphatic carbocycles. The predicted octanol–water partition coefficient (Wildman–Crippen LogP) is 5.48. The van der Waals surface area contributed by atoms with Gasteiger partial charge in [0.15, 0.2) is 5.76 Å². The molecule has 1 aliphatic rings. The normalized spacial score (nSPS) is 15.7. The number of nitrogens with zero attached hydrogens (tertiary/aromatic N) is 1. The fraction of sp³-hybridized carbons (Fsp3) is 0.350. The van der Waals surface area contributed by atoms with Crippen molar-refractivity contribution in [2.45, 2.75) is 44.2 Å². The van der Waals surface area contributed by atoms with Gasteiger partial charge in [0.05, 0.1) is 5.71 Å². The lowest BCUT2D eigenvalue weighted by Crippen LogP contribution is -2.58. The Bertz CT molecular complexity index is 1140. The Kier molecular flexibility index (Phi) is 6.71. The minimum atomic E-state index is -6.66. The second-order valence-corrected chi connectivity index (χ2v) is 7.75. The van der Waals surface area contributed by atoms with Crippen LogP contribution in [0.25, 0.3) is 0 Å². The van der Waals surface area contributed by atoms with Gasteiger partial charge in [-0.2, -0.15) is 35.8 Å². The maximum absolute atomic E-state index is 13.5. The maximum atomic E-state index is 13.5. The summed E-state index contributed by atoms with van der Waals surface area (Å²) in [5, 5.41) is 6.34. The van der Waals surface area contributed by atoms with Crippen LogP contribution in [0.2, 0.25) is 5.02 Å². The van der Waals surface area contributed by atoms with Crippen molar-refractivity contribution < 1.29 is 44.7 Å². The first-order valence-corrected chi connectivity index (χ1v) is 9.93. The molecule has 0 saturated carbocycles. The highest BCUT2D eigenvalue weighted by atomic mass is 35.5. The Balaban J connectivity index is 1.85. The van der Waals surface area contributed by atoms with Crippen molar-refractivity contribution in [2.24, 2.45) is 5.10 Å². The van der Waals surface area contributed by atoms with Crippen LogP contribution in [-0.2, 0) is 11.2 Å². The highest BCUT2D eigenvalue weighted by molar-refractivity contribution is 6.30. The van der Waals surface area contributed by atoms with Crippen molar-refractivity contribution in [3.63, 3.8) is 0 Å². The molecular formula is C20H15ClF7N3O3. The fourth-order valence-corrected chi connectivity index (χ4v) is 3.35. The van der Waals surface area contributed by atoms with Gasteiger partial charge in [0.1, 0.15) is 5.76 Å². The molecule has 0 fully saturated rings. The third-order valence-corrected chi connectivity index (χ3v) is 5.21. The topological polar surface area (TPSA) is 83.7 Å². The summed E-state index contributed by atoms with van der Waals surface area (Å²) in [6, 6.07) is 6.11. The van der Waals surface area contributed by atoms with Gasteiger partial charge in [-0.1, -0.05) is 11.6 Å². The van der Waals surface area contributed by atoms with E-state index in [1.165, 1.54) is 31.2 Å². The van der Waals surface area contributed by atoms with Gasteiger partial charge >= 0.3 is 23.9 Å². The molecule has 14 heteroatoms. The molecule has 2 N–H and O–H groups in total. The van der Waals surface area contributed by atoms with Crippen LogP contribution in [0.15, 0.2) is 33.8 Å². The summed E-state index contributed by atoms with van der Waals surface area (Å²) in [6.07, 6.45) is -5.98. The van der Waals surface area contributed by atoms with E-state index in [-0.39, 0.29) is 34.8 Å². The van der Waals surface area contributed by atoms with E-state index in [1.54, 1.807) is 0 Å². The summed E-state index contributed by atoms with van der Waals surface area (Å²) in [7, 11) is 0. The number of hydrogen-bond donors (Lipinski definition) is 2. The summed E-state index contributed by atoms with van der Waals surface area (Å²) in [5.74, 6) is -16.3. The maximum Gasteiger partial charge on any atom is 0.460 e. The molecule has 0 unspecified atom stereocenters. The molecule has 34 heavy (non-hydrogen) atoms. The summed E-state index contributed by atoms with van der Waals surface area (Å²) in [6.45, 7) is 1.44. The molecule has 0 spiro atoms. The first-order valence-electron chi connectivity index (χ1n) is 9.55. The zero-order valence-corrected chi connectivity index (χ0v) is 17.9. The molecule has 0 bridgehead atoms. The summed E-state index contributed by atoms with van der Waals surface area (Å²) in [5.41, 5.74) is 1.73. The molecule has 0 atom stereocenters. The zero-order valence-electron chi connectivity index (χ0n) is 17.1. The highest BCUT2D eigenvalue weighted by Crippen LogP contribution is 2.46. The van der Waals surface area contributed by atoms with E-state index >= 15 is 0 Å². The number of benzene rings is 1. The minimum Gasteiger partial charge on any atom is -0.455 e. The van der Waals surface area contributed by atoms with Gasteiger partial charge in [-0.25, -0.2) is 5.43 Å². The molecule has 6 nitrogen and oxygen atoms in total. The molecule has 1 aromatic carbocycles. The summed E-state index contributed by atoms with van der Waals surface area (Å²) in [4.78, 5) is 24.1. The number of halogens is 8. The Hall–Kier alpha value is -3.09. The lowest BCUT2D eigenvalue weighted by molar-refractivity contribution is -0.344. The quantitative estimate of drug-likeness (QED) is 0.410. The number of furan rings is 1. The van der Waals surface area contributed by atoms with Crippen LogP contribution < -0.4 is 10.7 Å². The number of rotatable bonds is 5. The number of carbonyl (C=O) groups is 2. The van der Waals surface area contributed by atoms with Crippen molar-refractivity contribution >= 4 is 34.8 Å². The molecular weight excluding hydrogens is 499 g/mol. The van der Waals surface area contributed by atoms with Crippen molar-refractivity contribution in [1.82, 2.24) is 5.43 Å². The molecule has 3 rings (SSSR count). The van der Waals surface area contributed by atoms with Gasteiger partial charge in [0, 0.05) is 28.3 Å². The molecule has 184 valence electrons. The van der Waals surface area contributed by atoms with Crippen LogP contribution >= 0.6 is 11.6 Å². The highest BCUT2D eigenvalue weighted by Gasteiger charge is 2.76. The Morgan fingerprint density at radius 1 is 1.03 bits per heavy atom. The predicted molar refractivity (Wildman–Crippen MR) is 106 cm³/mol. The minimum absolute atomic E-state index is 0.0487. The fourth-order valence-electron chi connectivity index (χ4n) is 3.23. The first-order chi connectivity index (χ1) is 15.7. The molecule has 0 aliphatic heterocycles. The Labute approximate surface area is 192 Å². The second-order valence-electron chi connectivity index (χ2n) is 7.31. The zero-order chi connectivity index (χ0) is 25.5. The number of fused-ring (bicyclic) bond motifs is 1. The van der Waals surface area contributed by atoms with E-state index in [1.807, 2.05) is 0 Å². The Morgan fingerprint density at radius 3 is 2.24 bits per heavy atom. The van der Waals surface area contributed by atoms with Gasteiger partial charge in [-0.15, -0.1) is 0 Å². The van der Waals surface area contributed by atoms with Gasteiger partial charge in [0.2, 0.25) is 0 Å². The van der Waals surface area contributed by atoms with E-state index in [0.717, 1.165) is 5.43 Å². The van der Waals surface area contributed by atoms with Crippen LogP contribution in [0.4, 0.5) is 36.4 Å². The largest absolute Gasteiger partial charge is 0.460 e. The monoisotopic (exact) mass is 513 g/mol. The van der Waals surface area contributed by atoms with E-state index < -0.39 is 29.8 Å². The third-order valence-electron chi connectivity index (χ3n) is 4.96. The van der Waals surface area contributed by atoms with Crippen LogP contribution in [0.5, 0.6) is 0 Å². The standard InChI is InChI=1S/C20H15ClF7N3O3/c1-9-14-12(30-31-17(33)18(22,23)19(24,25)20(26,27)28)3-2-4-13(14)34-15(9)16(32)29-11-7-5-10(21)6-8-11/h5-8H,2-4H2,1H3,(H,29,32)(H,31,33)/b30-12+. The number of aryl methyl sites for hydroxylation is 1. The van der Waals surface area contributed by atoms with Crippen LogP contribution in [0, 0.1) is 6.92 Å². The summed E-state index contributed by atoms with van der Waals surface area (Å²) < 4.78 is 95.6. The molecule has 2 aromatic rings. The van der Waals surface area contributed by atoms with E-state index in [4.69, 9.17) is 16.0 Å². The molecule has 1 aromatic heterocycles. The van der Waals surface area contributed by atoms with Crippen LogP contribution in [0.1, 0.15) is 40.3 Å². The molecule has 0 saturated heterocycles. The molecule has 0 radical (unpaired) electrons. The number of carbonyl (C=O) groups excluding carboxylic acids is 2. The average molecular weight is 514 g/mol. The van der Waals surface area contributed by atoms with Gasteiger partial charge < -0.3 is 9.73 Å². The number of amides is 2. The van der Waals surface area contributed by atoms with E-state index in [0.29, 0.717) is 23.6 Å². The van der Waals surface area contributed by atoms with Crippen molar-refractivity contribution in [3.05, 3.63) is 51.9 Å². The Morgan fingerprint density at radius 2 is 1.65 bits per heavy atom. The van der Waals surface area contributed by atoms with Gasteiger partial charge in [-0.05, 0) is 44.0 Å². The SMILES string of the molecule is Cc1c(C(=O)Nc2ccc(Cl)cc2)oc2c1/C(=N/NC(=O)C(F)(F)C(F)(F)C(F)(F)F)CCC2. The van der Waals surface area contributed by atoms with Crippen LogP contribution in [0.3, 0.4) is 0 Å². The molecule has 1 heterocycles. The third kappa shape index (κ3) is 4.61. The number of anilines is 1. The van der Waals surface area contributed by atoms with Gasteiger partial charge in [0.25, 0.3) is 5.91 Å². The van der Waals surface area contributed by atoms with Gasteiger partial charge in [-0.3, -0.25) is 9.59 Å². The smallest absolute Gasteiger partial charge is 0.455 e. The second kappa shape index (κ2) is 8.93. The average Bonchev–Trinajstić information content (AvgIpc) is 3.10. The lowest BCUT2D eigenvalue weighted by Gasteiger charge is -2.26. The molecule has 2 amide bonds. The van der Waals surface area contributed by atoms with E-state index in [9.17, 15) is 40.3 Å². The number of hydrazone groups is 1. The lowest BCUT2D eigenvalue weighted by atomic mass is 9.93. The van der Waals surface area contributed by atoms with E-state index in [2.05, 4.69) is 10.4 Å². The van der Waals surface area contributed by atoms with Crippen molar-refractivity contribution in [3.8, 4) is 0 Å². The first kappa shape index (κ1) is 25.5. The number of hydrogen-bond acceptors (Lipinski definition) is 4. The van der Waals surface area contributed by atoms with Crippen molar-refractivity contribution in [2.75, 3.05) is 5.32 Å². The number of alkyl halides is 7. The van der Waals surface area contributed by atoms with Crippen molar-refractivity contribution in [1.29, 1.82) is 0 Å².